The Hall–Kier alpha value is -2.57. The molecule has 0 unspecified atom stereocenters. The monoisotopic (exact) mass is 344 g/mol. The van der Waals surface area contributed by atoms with Crippen LogP contribution in [0.25, 0.3) is 11.5 Å². The van der Waals surface area contributed by atoms with E-state index in [4.69, 9.17) is 9.15 Å². The first-order valence-electron chi connectivity index (χ1n) is 8.72. The zero-order valence-electron chi connectivity index (χ0n) is 14.7. The Morgan fingerprint density at radius 1 is 1.16 bits per heavy atom. The van der Waals surface area contributed by atoms with E-state index >= 15 is 0 Å². The van der Waals surface area contributed by atoms with Crippen LogP contribution in [0.2, 0.25) is 0 Å². The van der Waals surface area contributed by atoms with Crippen LogP contribution in [0.4, 0.5) is 10.5 Å². The van der Waals surface area contributed by atoms with Gasteiger partial charge in [0, 0.05) is 25.6 Å². The number of aromatic nitrogens is 2. The first-order valence-corrected chi connectivity index (χ1v) is 8.72. The predicted molar refractivity (Wildman–Crippen MR) is 94.7 cm³/mol. The minimum atomic E-state index is -0.0981. The summed E-state index contributed by atoms with van der Waals surface area (Å²) in [6, 6.07) is 5.32. The smallest absolute Gasteiger partial charge is 0.321 e. The summed E-state index contributed by atoms with van der Waals surface area (Å²) in [7, 11) is 1.58. The molecule has 1 aromatic heterocycles. The second-order valence-corrected chi connectivity index (χ2v) is 6.23. The second kappa shape index (κ2) is 8.00. The highest BCUT2D eigenvalue weighted by atomic mass is 16.5. The molecule has 1 N–H and O–H groups in total. The minimum Gasteiger partial charge on any atom is -0.495 e. The molecule has 7 heteroatoms. The molecule has 1 aliphatic rings. The van der Waals surface area contributed by atoms with Crippen LogP contribution in [-0.4, -0.2) is 41.3 Å². The fourth-order valence-corrected chi connectivity index (χ4v) is 3.00. The van der Waals surface area contributed by atoms with Crippen molar-refractivity contribution in [3.8, 4) is 17.2 Å². The number of benzene rings is 1. The van der Waals surface area contributed by atoms with Crippen LogP contribution in [0.1, 0.15) is 38.0 Å². The summed E-state index contributed by atoms with van der Waals surface area (Å²) in [5, 5.41) is 10.8. The quantitative estimate of drug-likeness (QED) is 0.914. The van der Waals surface area contributed by atoms with Crippen molar-refractivity contribution in [2.45, 2.75) is 39.0 Å². The summed E-state index contributed by atoms with van der Waals surface area (Å²) in [6.07, 6.45) is 5.71. The average Bonchev–Trinajstić information content (AvgIpc) is 3.01. The van der Waals surface area contributed by atoms with Gasteiger partial charge in [0.1, 0.15) is 5.75 Å². The third-order valence-electron chi connectivity index (χ3n) is 4.36. The third-order valence-corrected chi connectivity index (χ3v) is 4.36. The summed E-state index contributed by atoms with van der Waals surface area (Å²) in [5.74, 6) is 1.51. The molecule has 1 fully saturated rings. The van der Waals surface area contributed by atoms with Gasteiger partial charge in [0.2, 0.25) is 11.8 Å². The molecule has 7 nitrogen and oxygen atoms in total. The third kappa shape index (κ3) is 4.29. The number of ether oxygens (including phenoxy) is 1. The predicted octanol–water partition coefficient (Wildman–Crippen LogP) is 3.85. The summed E-state index contributed by atoms with van der Waals surface area (Å²) in [5.41, 5.74) is 1.34. The molecule has 3 rings (SSSR count). The summed E-state index contributed by atoms with van der Waals surface area (Å²) >= 11 is 0. The van der Waals surface area contributed by atoms with E-state index in [1.165, 1.54) is 19.3 Å². The number of rotatable bonds is 3. The molecule has 1 aliphatic heterocycles. The Kier molecular flexibility index (Phi) is 5.53. The van der Waals surface area contributed by atoms with Crippen LogP contribution in [0, 0.1) is 6.92 Å². The van der Waals surface area contributed by atoms with E-state index in [0.717, 1.165) is 31.5 Å². The van der Waals surface area contributed by atoms with Gasteiger partial charge in [-0.2, -0.15) is 0 Å². The van der Waals surface area contributed by atoms with E-state index in [1.807, 2.05) is 11.0 Å². The highest BCUT2D eigenvalue weighted by molar-refractivity contribution is 5.91. The van der Waals surface area contributed by atoms with Crippen molar-refractivity contribution in [3.05, 3.63) is 24.1 Å². The molecular formula is C18H24N4O3. The van der Waals surface area contributed by atoms with Crippen LogP contribution in [0.5, 0.6) is 5.75 Å². The van der Waals surface area contributed by atoms with Crippen molar-refractivity contribution in [2.75, 3.05) is 25.5 Å². The Bertz CT molecular complexity index is 721. The Morgan fingerprint density at radius 2 is 1.88 bits per heavy atom. The zero-order chi connectivity index (χ0) is 17.6. The number of anilines is 1. The maximum absolute atomic E-state index is 12.7. The number of carbonyl (C=O) groups is 1. The molecule has 1 saturated heterocycles. The number of nitrogens with one attached hydrogen (secondary N) is 1. The van der Waals surface area contributed by atoms with Crippen LogP contribution >= 0.6 is 0 Å². The SMILES string of the molecule is COc1ccc(-c2nnc(C)o2)cc1NC(=O)N1CCCCCCC1. The highest BCUT2D eigenvalue weighted by Gasteiger charge is 2.17. The van der Waals surface area contributed by atoms with Gasteiger partial charge >= 0.3 is 6.03 Å². The van der Waals surface area contributed by atoms with Gasteiger partial charge in [-0.25, -0.2) is 4.79 Å². The molecule has 0 saturated carbocycles. The number of methoxy groups -OCH3 is 1. The van der Waals surface area contributed by atoms with Crippen LogP contribution in [0.3, 0.4) is 0 Å². The van der Waals surface area contributed by atoms with Crippen molar-refractivity contribution in [1.29, 1.82) is 0 Å². The molecule has 25 heavy (non-hydrogen) atoms. The number of nitrogens with zero attached hydrogens (tertiary/aromatic N) is 3. The molecule has 1 aromatic carbocycles. The lowest BCUT2D eigenvalue weighted by Crippen LogP contribution is -2.37. The van der Waals surface area contributed by atoms with E-state index in [-0.39, 0.29) is 6.03 Å². The number of carbonyl (C=O) groups excluding carboxylic acids is 1. The van der Waals surface area contributed by atoms with Crippen molar-refractivity contribution >= 4 is 11.7 Å². The fourth-order valence-electron chi connectivity index (χ4n) is 3.00. The topological polar surface area (TPSA) is 80.5 Å². The first-order chi connectivity index (χ1) is 12.2. The van der Waals surface area contributed by atoms with Crippen LogP contribution in [0.15, 0.2) is 22.6 Å². The standard InChI is InChI=1S/C18H24N4O3/c1-13-20-21-17(25-13)14-8-9-16(24-2)15(12-14)19-18(23)22-10-6-4-3-5-7-11-22/h8-9,12H,3-7,10-11H2,1-2H3,(H,19,23). The van der Waals surface area contributed by atoms with Crippen molar-refractivity contribution in [2.24, 2.45) is 0 Å². The molecule has 0 aliphatic carbocycles. The van der Waals surface area contributed by atoms with Gasteiger partial charge in [-0.15, -0.1) is 10.2 Å². The number of likely N-dealkylation sites (tertiary alicyclic amines) is 1. The van der Waals surface area contributed by atoms with Gasteiger partial charge in [-0.05, 0) is 31.0 Å². The normalized spacial score (nSPS) is 15.4. The van der Waals surface area contributed by atoms with Gasteiger partial charge in [0.25, 0.3) is 0 Å². The summed E-state index contributed by atoms with van der Waals surface area (Å²) < 4.78 is 10.8. The van der Waals surface area contributed by atoms with Crippen LogP contribution < -0.4 is 10.1 Å². The molecule has 0 bridgehead atoms. The lowest BCUT2D eigenvalue weighted by Gasteiger charge is -2.25. The van der Waals surface area contributed by atoms with E-state index in [2.05, 4.69) is 15.5 Å². The first kappa shape index (κ1) is 17.3. The highest BCUT2D eigenvalue weighted by Crippen LogP contribution is 2.30. The number of urea groups is 1. The number of aryl methyl sites for hydroxylation is 1. The van der Waals surface area contributed by atoms with Gasteiger partial charge in [0.05, 0.1) is 12.8 Å². The van der Waals surface area contributed by atoms with Crippen molar-refractivity contribution in [3.63, 3.8) is 0 Å². The average molecular weight is 344 g/mol. The van der Waals surface area contributed by atoms with E-state index < -0.39 is 0 Å². The number of amides is 2. The minimum absolute atomic E-state index is 0.0981. The lowest BCUT2D eigenvalue weighted by atomic mass is 10.1. The lowest BCUT2D eigenvalue weighted by molar-refractivity contribution is 0.206. The molecule has 0 radical (unpaired) electrons. The van der Waals surface area contributed by atoms with Gasteiger partial charge in [-0.3, -0.25) is 0 Å². The molecule has 0 atom stereocenters. The molecular weight excluding hydrogens is 320 g/mol. The molecule has 134 valence electrons. The Labute approximate surface area is 147 Å². The number of hydrogen-bond donors (Lipinski definition) is 1. The van der Waals surface area contributed by atoms with E-state index in [0.29, 0.717) is 23.2 Å². The Balaban J connectivity index is 1.78. The fraction of sp³-hybridized carbons (Fsp3) is 0.500. The van der Waals surface area contributed by atoms with Crippen molar-refractivity contribution < 1.29 is 13.9 Å². The molecule has 2 aromatic rings. The zero-order valence-corrected chi connectivity index (χ0v) is 14.7. The van der Waals surface area contributed by atoms with Gasteiger partial charge in [-0.1, -0.05) is 19.3 Å². The summed E-state index contributed by atoms with van der Waals surface area (Å²) in [4.78, 5) is 14.5. The molecule has 2 heterocycles. The van der Waals surface area contributed by atoms with Gasteiger partial charge < -0.3 is 19.4 Å². The van der Waals surface area contributed by atoms with E-state index in [9.17, 15) is 4.79 Å². The van der Waals surface area contributed by atoms with Gasteiger partial charge in [0.15, 0.2) is 0 Å². The Morgan fingerprint density at radius 3 is 2.52 bits per heavy atom. The van der Waals surface area contributed by atoms with Crippen LogP contribution in [-0.2, 0) is 0 Å². The number of hydrogen-bond acceptors (Lipinski definition) is 5. The maximum Gasteiger partial charge on any atom is 0.321 e. The van der Waals surface area contributed by atoms with E-state index in [1.54, 1.807) is 26.2 Å². The second-order valence-electron chi connectivity index (χ2n) is 6.23. The maximum atomic E-state index is 12.7. The summed E-state index contributed by atoms with van der Waals surface area (Å²) in [6.45, 7) is 3.32. The molecule has 2 amide bonds. The van der Waals surface area contributed by atoms with Crippen molar-refractivity contribution in [1.82, 2.24) is 15.1 Å². The largest absolute Gasteiger partial charge is 0.495 e. The molecule has 0 spiro atoms.